The minimum absolute atomic E-state index is 0.0117. The Labute approximate surface area is 146 Å². The molecule has 0 saturated carbocycles. The Morgan fingerprint density at radius 3 is 2.27 bits per heavy atom. The Bertz CT molecular complexity index is 878. The lowest BCUT2D eigenvalue weighted by Crippen LogP contribution is -2.21. The maximum atomic E-state index is 12.0. The Kier molecular flexibility index (Phi) is 5.58. The van der Waals surface area contributed by atoms with Gasteiger partial charge in [-0.2, -0.15) is 0 Å². The van der Waals surface area contributed by atoms with Crippen LogP contribution in [0.1, 0.15) is 15.9 Å². The minimum Gasteiger partial charge on any atom is -0.452 e. The molecule has 2 aromatic carbocycles. The number of nitro groups is 2. The average molecular weight is 359 g/mol. The van der Waals surface area contributed by atoms with Gasteiger partial charge in [-0.3, -0.25) is 25.0 Å². The highest BCUT2D eigenvalue weighted by Gasteiger charge is 2.19. The van der Waals surface area contributed by atoms with Crippen LogP contribution in [-0.2, 0) is 9.53 Å². The Morgan fingerprint density at radius 1 is 1.04 bits per heavy atom. The van der Waals surface area contributed by atoms with Crippen LogP contribution in [-0.4, -0.2) is 28.3 Å². The van der Waals surface area contributed by atoms with Crippen molar-refractivity contribution in [2.45, 2.75) is 6.92 Å². The van der Waals surface area contributed by atoms with Gasteiger partial charge >= 0.3 is 5.97 Å². The molecule has 2 aromatic rings. The molecule has 134 valence electrons. The van der Waals surface area contributed by atoms with Crippen molar-refractivity contribution in [3.05, 3.63) is 73.8 Å². The summed E-state index contributed by atoms with van der Waals surface area (Å²) < 4.78 is 4.86. The first-order valence-corrected chi connectivity index (χ1v) is 7.25. The van der Waals surface area contributed by atoms with Crippen LogP contribution in [0.3, 0.4) is 0 Å². The number of amides is 1. The van der Waals surface area contributed by atoms with Crippen LogP contribution < -0.4 is 5.32 Å². The van der Waals surface area contributed by atoms with Gasteiger partial charge in [0.05, 0.1) is 15.4 Å². The zero-order valence-electron chi connectivity index (χ0n) is 13.5. The molecule has 1 N–H and O–H groups in total. The third-order valence-electron chi connectivity index (χ3n) is 3.42. The molecule has 0 bridgehead atoms. The standard InChI is InChI=1S/C16H13N3O7/c1-10-13(3-2-4-14(10)19(24)25)16(21)26-9-15(20)17-11-5-7-12(8-6-11)18(22)23/h2-8H,9H2,1H3,(H,17,20). The van der Waals surface area contributed by atoms with E-state index in [1.807, 2.05) is 0 Å². The maximum absolute atomic E-state index is 12.0. The fraction of sp³-hybridized carbons (Fsp3) is 0.125. The maximum Gasteiger partial charge on any atom is 0.339 e. The number of rotatable bonds is 6. The van der Waals surface area contributed by atoms with E-state index in [0.29, 0.717) is 5.69 Å². The van der Waals surface area contributed by atoms with Gasteiger partial charge in [0.1, 0.15) is 0 Å². The highest BCUT2D eigenvalue weighted by Crippen LogP contribution is 2.21. The van der Waals surface area contributed by atoms with Crippen molar-refractivity contribution in [1.82, 2.24) is 0 Å². The van der Waals surface area contributed by atoms with Gasteiger partial charge in [-0.1, -0.05) is 6.07 Å². The van der Waals surface area contributed by atoms with Crippen molar-refractivity contribution in [2.75, 3.05) is 11.9 Å². The van der Waals surface area contributed by atoms with E-state index in [1.54, 1.807) is 0 Å². The molecule has 0 spiro atoms. The first kappa shape index (κ1) is 18.5. The van der Waals surface area contributed by atoms with E-state index < -0.39 is 28.3 Å². The lowest BCUT2D eigenvalue weighted by molar-refractivity contribution is -0.385. The number of esters is 1. The predicted octanol–water partition coefficient (Wildman–Crippen LogP) is 2.61. The molecule has 0 atom stereocenters. The molecule has 0 radical (unpaired) electrons. The number of hydrogen-bond acceptors (Lipinski definition) is 7. The van der Waals surface area contributed by atoms with Gasteiger partial charge in [-0.05, 0) is 25.1 Å². The van der Waals surface area contributed by atoms with Crippen LogP contribution in [0.15, 0.2) is 42.5 Å². The van der Waals surface area contributed by atoms with E-state index >= 15 is 0 Å². The van der Waals surface area contributed by atoms with E-state index in [2.05, 4.69) is 5.32 Å². The van der Waals surface area contributed by atoms with Crippen molar-refractivity contribution in [2.24, 2.45) is 0 Å². The first-order chi connectivity index (χ1) is 12.3. The molecule has 26 heavy (non-hydrogen) atoms. The molecular weight excluding hydrogens is 346 g/mol. The first-order valence-electron chi connectivity index (χ1n) is 7.25. The second kappa shape index (κ2) is 7.83. The molecule has 0 heterocycles. The van der Waals surface area contributed by atoms with E-state index in [4.69, 9.17) is 4.74 Å². The molecule has 0 aliphatic carbocycles. The largest absolute Gasteiger partial charge is 0.452 e. The number of benzene rings is 2. The molecule has 0 aliphatic heterocycles. The summed E-state index contributed by atoms with van der Waals surface area (Å²) >= 11 is 0. The summed E-state index contributed by atoms with van der Waals surface area (Å²) in [7, 11) is 0. The zero-order chi connectivity index (χ0) is 19.3. The summed E-state index contributed by atoms with van der Waals surface area (Å²) in [5, 5.41) is 23.8. The second-order valence-electron chi connectivity index (χ2n) is 5.14. The molecule has 10 nitrogen and oxygen atoms in total. The Morgan fingerprint density at radius 2 is 1.69 bits per heavy atom. The summed E-state index contributed by atoms with van der Waals surface area (Å²) in [4.78, 5) is 44.1. The molecule has 2 rings (SSSR count). The van der Waals surface area contributed by atoms with E-state index in [1.165, 1.54) is 49.4 Å². The molecule has 0 fully saturated rings. The van der Waals surface area contributed by atoms with E-state index in [9.17, 15) is 29.8 Å². The third kappa shape index (κ3) is 4.38. The minimum atomic E-state index is -0.870. The van der Waals surface area contributed by atoms with Crippen molar-refractivity contribution in [3.8, 4) is 0 Å². The molecule has 0 saturated heterocycles. The lowest BCUT2D eigenvalue weighted by atomic mass is 10.1. The molecule has 0 aromatic heterocycles. The number of anilines is 1. The number of ether oxygens (including phenoxy) is 1. The smallest absolute Gasteiger partial charge is 0.339 e. The van der Waals surface area contributed by atoms with Gasteiger partial charge in [-0.15, -0.1) is 0 Å². The van der Waals surface area contributed by atoms with Crippen LogP contribution in [0.2, 0.25) is 0 Å². The van der Waals surface area contributed by atoms with Gasteiger partial charge in [0.15, 0.2) is 6.61 Å². The highest BCUT2D eigenvalue weighted by molar-refractivity contribution is 5.96. The quantitative estimate of drug-likeness (QED) is 0.474. The normalized spacial score (nSPS) is 10.0. The van der Waals surface area contributed by atoms with E-state index in [0.717, 1.165) is 0 Å². The van der Waals surface area contributed by atoms with Gasteiger partial charge < -0.3 is 10.1 Å². The van der Waals surface area contributed by atoms with Crippen LogP contribution in [0.4, 0.5) is 17.1 Å². The number of nitrogens with one attached hydrogen (secondary N) is 1. The van der Waals surface area contributed by atoms with Crippen molar-refractivity contribution in [1.29, 1.82) is 0 Å². The van der Waals surface area contributed by atoms with Crippen LogP contribution in [0, 0.1) is 27.2 Å². The SMILES string of the molecule is Cc1c(C(=O)OCC(=O)Nc2ccc([N+](=O)[O-])cc2)cccc1[N+](=O)[O-]. The average Bonchev–Trinajstić information content (AvgIpc) is 2.60. The zero-order valence-corrected chi connectivity index (χ0v) is 13.5. The summed E-state index contributed by atoms with van der Waals surface area (Å²) in [5.41, 5.74) is 0.0640. The molecule has 10 heteroatoms. The second-order valence-corrected chi connectivity index (χ2v) is 5.14. The highest BCUT2D eigenvalue weighted by atomic mass is 16.6. The summed E-state index contributed by atoms with van der Waals surface area (Å²) in [6.07, 6.45) is 0. The lowest BCUT2D eigenvalue weighted by Gasteiger charge is -2.08. The number of carbonyl (C=O) groups excluding carboxylic acids is 2. The van der Waals surface area contributed by atoms with Crippen molar-refractivity contribution >= 4 is 28.9 Å². The molecule has 0 aliphatic rings. The fourth-order valence-electron chi connectivity index (χ4n) is 2.11. The van der Waals surface area contributed by atoms with Gasteiger partial charge in [0.25, 0.3) is 17.3 Å². The molecule has 0 unspecified atom stereocenters. The summed E-state index contributed by atoms with van der Waals surface area (Å²) in [6.45, 7) is 0.795. The number of nitrogens with zero attached hydrogens (tertiary/aromatic N) is 2. The Balaban J connectivity index is 1.97. The predicted molar refractivity (Wildman–Crippen MR) is 89.8 cm³/mol. The number of hydrogen-bond donors (Lipinski definition) is 1. The van der Waals surface area contributed by atoms with Gasteiger partial charge in [-0.25, -0.2) is 4.79 Å². The number of nitro benzene ring substituents is 2. The summed E-state index contributed by atoms with van der Waals surface area (Å²) in [6, 6.07) is 9.07. The Hall–Kier alpha value is -3.82. The number of non-ortho nitro benzene ring substituents is 1. The molecular formula is C16H13N3O7. The monoisotopic (exact) mass is 359 g/mol. The third-order valence-corrected chi connectivity index (χ3v) is 3.42. The fourth-order valence-corrected chi connectivity index (χ4v) is 2.11. The van der Waals surface area contributed by atoms with Crippen molar-refractivity contribution < 1.29 is 24.2 Å². The number of carbonyl (C=O) groups is 2. The summed E-state index contributed by atoms with van der Waals surface area (Å²) in [5.74, 6) is -1.53. The molecule has 1 amide bonds. The van der Waals surface area contributed by atoms with Crippen LogP contribution >= 0.6 is 0 Å². The van der Waals surface area contributed by atoms with Crippen LogP contribution in [0.25, 0.3) is 0 Å². The topological polar surface area (TPSA) is 142 Å². The van der Waals surface area contributed by atoms with Crippen LogP contribution in [0.5, 0.6) is 0 Å². The van der Waals surface area contributed by atoms with E-state index in [-0.39, 0.29) is 22.5 Å². The van der Waals surface area contributed by atoms with Gasteiger partial charge in [0.2, 0.25) is 0 Å². The van der Waals surface area contributed by atoms with Crippen molar-refractivity contribution in [3.63, 3.8) is 0 Å². The van der Waals surface area contributed by atoms with Gasteiger partial charge in [0, 0.05) is 29.4 Å².